The highest BCUT2D eigenvalue weighted by atomic mass is 16.2. The molecule has 2 rings (SSSR count). The fourth-order valence-electron chi connectivity index (χ4n) is 1.84. The standard InChI is InChI=1S/C14H14N2O2/c1-10(18)15-13(9-17)8-12-7-6-11-4-2-3-5-14(11)16-12/h2-7,9,13H,8H2,1H3,(H,15,18)/t13-/m0/s1. The molecule has 92 valence electrons. The van der Waals surface area contributed by atoms with Crippen LogP contribution in [0.25, 0.3) is 10.9 Å². The van der Waals surface area contributed by atoms with Gasteiger partial charge in [-0.25, -0.2) is 0 Å². The van der Waals surface area contributed by atoms with Crippen LogP contribution < -0.4 is 5.32 Å². The highest BCUT2D eigenvalue weighted by molar-refractivity contribution is 5.79. The Morgan fingerprint density at radius 3 is 2.83 bits per heavy atom. The summed E-state index contributed by atoms with van der Waals surface area (Å²) in [5.74, 6) is -0.215. The second-order valence-corrected chi connectivity index (χ2v) is 4.14. The van der Waals surface area contributed by atoms with Gasteiger partial charge in [0.15, 0.2) is 0 Å². The van der Waals surface area contributed by atoms with Crippen LogP contribution in [0.2, 0.25) is 0 Å². The largest absolute Gasteiger partial charge is 0.346 e. The lowest BCUT2D eigenvalue weighted by Gasteiger charge is -2.10. The van der Waals surface area contributed by atoms with Crippen molar-refractivity contribution in [2.24, 2.45) is 0 Å². The topological polar surface area (TPSA) is 59.1 Å². The van der Waals surface area contributed by atoms with Crippen LogP contribution in [0.1, 0.15) is 12.6 Å². The zero-order chi connectivity index (χ0) is 13.0. The maximum atomic E-state index is 10.9. The first-order valence-electron chi connectivity index (χ1n) is 5.76. The second-order valence-electron chi connectivity index (χ2n) is 4.14. The third-order valence-corrected chi connectivity index (χ3v) is 2.64. The number of aromatic nitrogens is 1. The number of hydrogen-bond donors (Lipinski definition) is 1. The van der Waals surface area contributed by atoms with E-state index in [0.29, 0.717) is 6.42 Å². The Balaban J connectivity index is 2.20. The second kappa shape index (κ2) is 5.40. The lowest BCUT2D eigenvalue weighted by Crippen LogP contribution is -2.36. The molecule has 0 bridgehead atoms. The highest BCUT2D eigenvalue weighted by Crippen LogP contribution is 2.12. The maximum Gasteiger partial charge on any atom is 0.217 e. The summed E-state index contributed by atoms with van der Waals surface area (Å²) < 4.78 is 0. The van der Waals surface area contributed by atoms with Gasteiger partial charge in [0, 0.05) is 24.4 Å². The Hall–Kier alpha value is -2.23. The first kappa shape index (κ1) is 12.2. The summed E-state index contributed by atoms with van der Waals surface area (Å²) in [4.78, 5) is 26.3. The van der Waals surface area contributed by atoms with Gasteiger partial charge in [0.05, 0.1) is 11.6 Å². The van der Waals surface area contributed by atoms with Crippen molar-refractivity contribution in [3.63, 3.8) is 0 Å². The van der Waals surface area contributed by atoms with E-state index >= 15 is 0 Å². The average molecular weight is 242 g/mol. The third kappa shape index (κ3) is 2.91. The Morgan fingerprint density at radius 1 is 1.33 bits per heavy atom. The number of aldehydes is 1. The van der Waals surface area contributed by atoms with E-state index in [1.54, 1.807) is 0 Å². The molecule has 0 unspecified atom stereocenters. The van der Waals surface area contributed by atoms with Gasteiger partial charge in [0.25, 0.3) is 0 Å². The molecule has 0 spiro atoms. The molecule has 1 atom stereocenters. The van der Waals surface area contributed by atoms with Gasteiger partial charge in [-0.05, 0) is 12.1 Å². The fourth-order valence-corrected chi connectivity index (χ4v) is 1.84. The third-order valence-electron chi connectivity index (χ3n) is 2.64. The molecule has 1 heterocycles. The molecule has 4 heteroatoms. The minimum absolute atomic E-state index is 0.215. The van der Waals surface area contributed by atoms with E-state index in [0.717, 1.165) is 22.9 Å². The van der Waals surface area contributed by atoms with Crippen molar-refractivity contribution < 1.29 is 9.59 Å². The van der Waals surface area contributed by atoms with Crippen molar-refractivity contribution in [3.8, 4) is 0 Å². The smallest absolute Gasteiger partial charge is 0.217 e. The SMILES string of the molecule is CC(=O)N[C@H](C=O)Cc1ccc2ccccc2n1. The van der Waals surface area contributed by atoms with Crippen LogP contribution in [-0.4, -0.2) is 23.2 Å². The van der Waals surface area contributed by atoms with Crippen LogP contribution >= 0.6 is 0 Å². The highest BCUT2D eigenvalue weighted by Gasteiger charge is 2.10. The van der Waals surface area contributed by atoms with Crippen LogP contribution in [-0.2, 0) is 16.0 Å². The molecule has 0 saturated carbocycles. The van der Waals surface area contributed by atoms with Gasteiger partial charge in [-0.2, -0.15) is 0 Å². The average Bonchev–Trinajstić information content (AvgIpc) is 2.37. The molecule has 1 N–H and O–H groups in total. The van der Waals surface area contributed by atoms with Crippen LogP contribution in [0.15, 0.2) is 36.4 Å². The number of carbonyl (C=O) groups excluding carboxylic acids is 2. The molecule has 1 aromatic carbocycles. The zero-order valence-electron chi connectivity index (χ0n) is 10.1. The van der Waals surface area contributed by atoms with Gasteiger partial charge in [-0.3, -0.25) is 9.78 Å². The first-order chi connectivity index (χ1) is 8.69. The van der Waals surface area contributed by atoms with Crippen molar-refractivity contribution in [1.29, 1.82) is 0 Å². The van der Waals surface area contributed by atoms with Crippen LogP contribution in [0.5, 0.6) is 0 Å². The van der Waals surface area contributed by atoms with Gasteiger partial charge in [0.2, 0.25) is 5.91 Å². The summed E-state index contributed by atoms with van der Waals surface area (Å²) in [6, 6.07) is 11.1. The number of hydrogen-bond acceptors (Lipinski definition) is 3. The fraction of sp³-hybridized carbons (Fsp3) is 0.214. The van der Waals surface area contributed by atoms with Crippen LogP contribution in [0.3, 0.4) is 0 Å². The molecular weight excluding hydrogens is 228 g/mol. The van der Waals surface area contributed by atoms with Gasteiger partial charge in [-0.15, -0.1) is 0 Å². The van der Waals surface area contributed by atoms with Gasteiger partial charge < -0.3 is 10.1 Å². The predicted molar refractivity (Wildman–Crippen MR) is 69.1 cm³/mol. The van der Waals surface area contributed by atoms with E-state index < -0.39 is 6.04 Å². The minimum atomic E-state index is -0.517. The summed E-state index contributed by atoms with van der Waals surface area (Å²) in [6.07, 6.45) is 1.15. The number of para-hydroxylation sites is 1. The summed E-state index contributed by atoms with van der Waals surface area (Å²) in [6.45, 7) is 1.39. The molecule has 1 amide bonds. The molecule has 2 aromatic rings. The van der Waals surface area contributed by atoms with Gasteiger partial charge >= 0.3 is 0 Å². The molecular formula is C14H14N2O2. The molecule has 0 aliphatic heterocycles. The summed E-state index contributed by atoms with van der Waals surface area (Å²) in [5.41, 5.74) is 1.68. The number of benzene rings is 1. The van der Waals surface area contributed by atoms with Crippen molar-refractivity contribution >= 4 is 23.1 Å². The summed E-state index contributed by atoms with van der Waals surface area (Å²) in [5, 5.41) is 3.64. The van der Waals surface area contributed by atoms with Crippen molar-refractivity contribution in [1.82, 2.24) is 10.3 Å². The van der Waals surface area contributed by atoms with Crippen molar-refractivity contribution in [2.45, 2.75) is 19.4 Å². The molecule has 0 fully saturated rings. The lowest BCUT2D eigenvalue weighted by molar-refractivity contribution is -0.122. The Kier molecular flexibility index (Phi) is 3.67. The van der Waals surface area contributed by atoms with E-state index in [9.17, 15) is 9.59 Å². The van der Waals surface area contributed by atoms with Gasteiger partial charge in [0.1, 0.15) is 6.29 Å². The van der Waals surface area contributed by atoms with E-state index in [2.05, 4.69) is 10.3 Å². The van der Waals surface area contributed by atoms with E-state index in [1.807, 2.05) is 36.4 Å². The summed E-state index contributed by atoms with van der Waals surface area (Å²) in [7, 11) is 0. The minimum Gasteiger partial charge on any atom is -0.346 e. The van der Waals surface area contributed by atoms with Crippen LogP contribution in [0, 0.1) is 0 Å². The normalized spacial score (nSPS) is 12.1. The number of amides is 1. The van der Waals surface area contributed by atoms with E-state index in [4.69, 9.17) is 0 Å². The number of nitrogens with zero attached hydrogens (tertiary/aromatic N) is 1. The molecule has 1 aromatic heterocycles. The molecule has 0 saturated heterocycles. The number of carbonyl (C=O) groups is 2. The zero-order valence-corrected chi connectivity index (χ0v) is 10.1. The van der Waals surface area contributed by atoms with Crippen molar-refractivity contribution in [3.05, 3.63) is 42.1 Å². The Bertz CT molecular complexity index is 581. The maximum absolute atomic E-state index is 10.9. The first-order valence-corrected chi connectivity index (χ1v) is 5.76. The number of fused-ring (bicyclic) bond motifs is 1. The number of rotatable bonds is 4. The number of pyridine rings is 1. The van der Waals surface area contributed by atoms with Gasteiger partial charge in [-0.1, -0.05) is 24.3 Å². The van der Waals surface area contributed by atoms with Crippen molar-refractivity contribution in [2.75, 3.05) is 0 Å². The molecule has 0 aliphatic carbocycles. The van der Waals surface area contributed by atoms with E-state index in [1.165, 1.54) is 6.92 Å². The van der Waals surface area contributed by atoms with Crippen LogP contribution in [0.4, 0.5) is 0 Å². The quantitative estimate of drug-likeness (QED) is 0.826. The lowest BCUT2D eigenvalue weighted by atomic mass is 10.1. The van der Waals surface area contributed by atoms with E-state index in [-0.39, 0.29) is 5.91 Å². The Labute approximate surface area is 105 Å². The molecule has 4 nitrogen and oxygen atoms in total. The Morgan fingerprint density at radius 2 is 2.11 bits per heavy atom. The molecule has 18 heavy (non-hydrogen) atoms. The molecule has 0 radical (unpaired) electrons. The number of nitrogens with one attached hydrogen (secondary N) is 1. The summed E-state index contributed by atoms with van der Waals surface area (Å²) >= 11 is 0. The monoisotopic (exact) mass is 242 g/mol. The molecule has 0 aliphatic rings. The predicted octanol–water partition coefficient (Wildman–Crippen LogP) is 1.48.